The molecule has 1 aromatic rings. The van der Waals surface area contributed by atoms with Gasteiger partial charge in [-0.25, -0.2) is 0 Å². The molecular weight excluding hydrogens is 415 g/mol. The van der Waals surface area contributed by atoms with Gasteiger partial charge in [-0.2, -0.15) is 0 Å². The lowest BCUT2D eigenvalue weighted by Gasteiger charge is -2.25. The predicted molar refractivity (Wildman–Crippen MR) is 117 cm³/mol. The van der Waals surface area contributed by atoms with E-state index in [1.54, 1.807) is 14.2 Å². The molecule has 1 aromatic carbocycles. The highest BCUT2D eigenvalue weighted by Crippen LogP contribution is 2.51. The van der Waals surface area contributed by atoms with E-state index in [0.717, 1.165) is 5.56 Å². The van der Waals surface area contributed by atoms with Gasteiger partial charge >= 0.3 is 6.72 Å². The van der Waals surface area contributed by atoms with Crippen LogP contribution in [0, 0.1) is 5.92 Å². The van der Waals surface area contributed by atoms with Gasteiger partial charge in [0.2, 0.25) is 0 Å². The van der Waals surface area contributed by atoms with E-state index in [0.29, 0.717) is 32.2 Å². The first kappa shape index (κ1) is 26.5. The molecule has 0 radical (unpaired) electrons. The number of methoxy groups -OCH3 is 2. The van der Waals surface area contributed by atoms with Crippen LogP contribution in [0.1, 0.15) is 39.5 Å². The van der Waals surface area contributed by atoms with E-state index in [2.05, 4.69) is 0 Å². The summed E-state index contributed by atoms with van der Waals surface area (Å²) >= 11 is 5.53. The second-order valence-electron chi connectivity index (χ2n) is 6.72. The Balaban J connectivity index is 2.48. The molecule has 0 aliphatic carbocycles. The largest absolute Gasteiger partial charge is 0.491 e. The number of hydrogen-bond donors (Lipinski definition) is 0. The Bertz CT molecular complexity index is 593. The lowest BCUT2D eigenvalue weighted by atomic mass is 10.2. The van der Waals surface area contributed by atoms with Crippen molar-refractivity contribution in [3.8, 4) is 5.75 Å². The first-order valence-corrected chi connectivity index (χ1v) is 12.3. The third kappa shape index (κ3) is 10.9. The molecule has 2 unspecified atom stereocenters. The lowest BCUT2D eigenvalue weighted by Crippen LogP contribution is -2.16. The molecule has 0 aromatic heterocycles. The van der Waals surface area contributed by atoms with Crippen LogP contribution in [0.4, 0.5) is 0 Å². The van der Waals surface area contributed by atoms with E-state index in [1.165, 1.54) is 0 Å². The molecule has 0 fully saturated rings. The summed E-state index contributed by atoms with van der Waals surface area (Å²) in [6, 6.07) is 7.49. The van der Waals surface area contributed by atoms with Gasteiger partial charge in [-0.15, -0.1) is 0 Å². The minimum Gasteiger partial charge on any atom is -0.491 e. The van der Waals surface area contributed by atoms with Crippen molar-refractivity contribution < 1.29 is 32.5 Å². The quantitative estimate of drug-likeness (QED) is 0.204. The molecular formula is C20H35O7PS. The number of hydrogen-bond acceptors (Lipinski definition) is 8. The Labute approximate surface area is 180 Å². The van der Waals surface area contributed by atoms with Gasteiger partial charge in [-0.3, -0.25) is 0 Å². The van der Waals surface area contributed by atoms with Crippen LogP contribution < -0.4 is 4.74 Å². The molecule has 7 nitrogen and oxygen atoms in total. The zero-order chi connectivity index (χ0) is 21.7. The molecule has 0 saturated carbocycles. The number of benzene rings is 1. The number of ether oxygens (including phenoxy) is 4. The summed E-state index contributed by atoms with van der Waals surface area (Å²) in [6.45, 7) is 7.27. The summed E-state index contributed by atoms with van der Waals surface area (Å²) in [7, 11) is 3.19. The third-order valence-electron chi connectivity index (χ3n) is 3.65. The standard InChI is InChI=1S/C20H35O7PS/c1-7-23-14-17(4)15-26-28(29,27-16(2)3)25-13-12-24-19-10-8-18(9-11-19)20(21-5)22-6/h8-11,16-17,20H,7,12-15H2,1-6H3. The van der Waals surface area contributed by atoms with Gasteiger partial charge in [0, 0.05) is 32.3 Å². The van der Waals surface area contributed by atoms with Crippen molar-refractivity contribution in [3.05, 3.63) is 29.8 Å². The minimum absolute atomic E-state index is 0.0917. The van der Waals surface area contributed by atoms with Crippen LogP contribution in [-0.4, -0.2) is 53.4 Å². The Kier molecular flexibility index (Phi) is 13.2. The average Bonchev–Trinajstić information content (AvgIpc) is 2.69. The fourth-order valence-electron chi connectivity index (χ4n) is 2.34. The maximum atomic E-state index is 5.84. The monoisotopic (exact) mass is 450 g/mol. The van der Waals surface area contributed by atoms with Crippen LogP contribution in [-0.2, 0) is 39.6 Å². The van der Waals surface area contributed by atoms with Gasteiger partial charge in [-0.1, -0.05) is 19.1 Å². The summed E-state index contributed by atoms with van der Waals surface area (Å²) in [4.78, 5) is 0. The van der Waals surface area contributed by atoms with E-state index in [4.69, 9.17) is 44.3 Å². The SMILES string of the molecule is CCOCC(C)COP(=S)(OCCOc1ccc(C(OC)OC)cc1)OC(C)C. The Morgan fingerprint density at radius 3 is 2.14 bits per heavy atom. The lowest BCUT2D eigenvalue weighted by molar-refractivity contribution is -0.106. The molecule has 0 saturated heterocycles. The molecule has 0 spiro atoms. The Morgan fingerprint density at radius 1 is 0.931 bits per heavy atom. The van der Waals surface area contributed by atoms with Crippen LogP contribution >= 0.6 is 6.72 Å². The van der Waals surface area contributed by atoms with Gasteiger partial charge in [0.25, 0.3) is 0 Å². The fourth-order valence-corrected chi connectivity index (χ4v) is 4.71. The summed E-state index contributed by atoms with van der Waals surface area (Å²) in [5.74, 6) is 0.919. The maximum Gasteiger partial charge on any atom is 0.327 e. The molecule has 0 N–H and O–H groups in total. The molecule has 0 bridgehead atoms. The minimum atomic E-state index is -2.85. The van der Waals surface area contributed by atoms with E-state index in [9.17, 15) is 0 Å². The van der Waals surface area contributed by atoms with Crippen molar-refractivity contribution in [3.63, 3.8) is 0 Å². The van der Waals surface area contributed by atoms with Crippen molar-refractivity contribution in [1.29, 1.82) is 0 Å². The van der Waals surface area contributed by atoms with E-state index >= 15 is 0 Å². The molecule has 0 heterocycles. The van der Waals surface area contributed by atoms with Crippen LogP contribution in [0.2, 0.25) is 0 Å². The number of rotatable bonds is 16. The van der Waals surface area contributed by atoms with Crippen LogP contribution in [0.15, 0.2) is 24.3 Å². The topological polar surface area (TPSA) is 64.6 Å². The maximum absolute atomic E-state index is 5.84. The highest BCUT2D eigenvalue weighted by molar-refractivity contribution is 8.07. The smallest absolute Gasteiger partial charge is 0.327 e. The summed E-state index contributed by atoms with van der Waals surface area (Å²) in [6.07, 6.45) is -0.487. The fraction of sp³-hybridized carbons (Fsp3) is 0.700. The summed E-state index contributed by atoms with van der Waals surface area (Å²) in [5.41, 5.74) is 0.911. The first-order valence-electron chi connectivity index (χ1n) is 9.77. The highest BCUT2D eigenvalue weighted by Gasteiger charge is 2.23. The zero-order valence-electron chi connectivity index (χ0n) is 18.3. The van der Waals surface area contributed by atoms with Gasteiger partial charge in [0.15, 0.2) is 6.29 Å². The first-order chi connectivity index (χ1) is 13.8. The second-order valence-corrected chi connectivity index (χ2v) is 9.68. The second kappa shape index (κ2) is 14.4. The van der Waals surface area contributed by atoms with E-state index in [1.807, 2.05) is 52.0 Å². The van der Waals surface area contributed by atoms with E-state index < -0.39 is 13.0 Å². The van der Waals surface area contributed by atoms with Crippen LogP contribution in [0.5, 0.6) is 5.75 Å². The van der Waals surface area contributed by atoms with Crippen molar-refractivity contribution in [2.45, 2.75) is 40.1 Å². The normalized spacial score (nSPS) is 14.9. The van der Waals surface area contributed by atoms with Crippen LogP contribution in [0.3, 0.4) is 0 Å². The average molecular weight is 451 g/mol. The van der Waals surface area contributed by atoms with Gasteiger partial charge in [0.05, 0.1) is 25.9 Å². The summed E-state index contributed by atoms with van der Waals surface area (Å²) in [5, 5.41) is 0. The van der Waals surface area contributed by atoms with Crippen molar-refractivity contribution in [2.75, 3.05) is 47.3 Å². The van der Waals surface area contributed by atoms with E-state index in [-0.39, 0.29) is 18.6 Å². The Morgan fingerprint density at radius 2 is 1.59 bits per heavy atom. The van der Waals surface area contributed by atoms with Crippen LogP contribution in [0.25, 0.3) is 0 Å². The molecule has 2 atom stereocenters. The molecule has 0 aliphatic heterocycles. The third-order valence-corrected chi connectivity index (χ3v) is 6.18. The highest BCUT2D eigenvalue weighted by atomic mass is 32.5. The zero-order valence-corrected chi connectivity index (χ0v) is 20.0. The molecule has 29 heavy (non-hydrogen) atoms. The molecule has 0 aliphatic rings. The molecule has 1 rings (SSSR count). The van der Waals surface area contributed by atoms with Gasteiger partial charge < -0.3 is 32.5 Å². The molecule has 0 amide bonds. The Hall–Kier alpha value is -0.570. The van der Waals surface area contributed by atoms with Gasteiger partial charge in [-0.05, 0) is 44.7 Å². The molecule has 168 valence electrons. The van der Waals surface area contributed by atoms with Crippen molar-refractivity contribution in [2.24, 2.45) is 5.92 Å². The predicted octanol–water partition coefficient (Wildman–Crippen LogP) is 4.71. The van der Waals surface area contributed by atoms with Crippen molar-refractivity contribution >= 4 is 18.5 Å². The van der Waals surface area contributed by atoms with Gasteiger partial charge in [0.1, 0.15) is 12.4 Å². The van der Waals surface area contributed by atoms with Crippen molar-refractivity contribution in [1.82, 2.24) is 0 Å². The molecule has 9 heteroatoms. The summed E-state index contributed by atoms with van der Waals surface area (Å²) < 4.78 is 39.0.